The fourth-order valence-electron chi connectivity index (χ4n) is 1.83. The lowest BCUT2D eigenvalue weighted by molar-refractivity contribution is -1.19. The maximum Gasteiger partial charge on any atom is 0.225 e. The maximum atomic E-state index is 9.99. The van der Waals surface area contributed by atoms with Crippen LogP contribution in [0.25, 0.3) is 22.6 Å². The smallest absolute Gasteiger partial charge is 0.225 e. The van der Waals surface area contributed by atoms with Gasteiger partial charge < -0.3 is 9.62 Å². The van der Waals surface area contributed by atoms with Crippen molar-refractivity contribution in [1.29, 1.82) is 0 Å². The molecule has 0 aliphatic rings. The van der Waals surface area contributed by atoms with Crippen LogP contribution in [0.15, 0.2) is 41.0 Å². The number of rotatable bonds is 2. The molecular formula is C11H10N3O4+. The number of hydrogen-bond donors (Lipinski definition) is 4. The number of hydrogen-bond acceptors (Lipinski definition) is 5. The minimum atomic E-state index is -0.843. The van der Waals surface area contributed by atoms with Crippen LogP contribution in [0.5, 0.6) is 0 Å². The summed E-state index contributed by atoms with van der Waals surface area (Å²) < 4.78 is 6.00. The lowest BCUT2D eigenvalue weighted by Crippen LogP contribution is -3.01. The van der Waals surface area contributed by atoms with E-state index in [0.717, 1.165) is 4.73 Å². The zero-order valence-electron chi connectivity index (χ0n) is 9.11. The van der Waals surface area contributed by atoms with Crippen LogP contribution in [-0.2, 0) is 0 Å². The van der Waals surface area contributed by atoms with Crippen molar-refractivity contribution < 1.29 is 25.3 Å². The molecule has 0 aliphatic carbocycles. The molecule has 0 unspecified atom stereocenters. The highest BCUT2D eigenvalue weighted by Gasteiger charge is 2.20. The maximum absolute atomic E-state index is 9.99. The monoisotopic (exact) mass is 248 g/mol. The van der Waals surface area contributed by atoms with Crippen LogP contribution in [0.2, 0.25) is 0 Å². The molecule has 1 aromatic carbocycles. The predicted octanol–water partition coefficient (Wildman–Crippen LogP) is 0.828. The van der Waals surface area contributed by atoms with Gasteiger partial charge in [0.15, 0.2) is 11.3 Å². The molecular weight excluding hydrogens is 238 g/mol. The van der Waals surface area contributed by atoms with Crippen LogP contribution >= 0.6 is 0 Å². The summed E-state index contributed by atoms with van der Waals surface area (Å²) in [4.78, 5) is 4.15. The standard InChI is InChI=1S/C11H9N3O4/c15-13-7-3-1-4-8(14(16)17)10(7)12-11(13)9-5-2-6-18-9/h1-6,15-17H/p+1. The highest BCUT2D eigenvalue weighted by atomic mass is 16.8. The molecule has 0 atom stereocenters. The summed E-state index contributed by atoms with van der Waals surface area (Å²) in [5, 5.41) is 27.5. The topological polar surface area (TPSA) is 96.1 Å². The second-order valence-electron chi connectivity index (χ2n) is 3.72. The van der Waals surface area contributed by atoms with E-state index in [-0.39, 0.29) is 17.0 Å². The summed E-state index contributed by atoms with van der Waals surface area (Å²) in [6.45, 7) is 0. The summed E-state index contributed by atoms with van der Waals surface area (Å²) in [6, 6.07) is 8.02. The Morgan fingerprint density at radius 2 is 2.00 bits per heavy atom. The van der Waals surface area contributed by atoms with Crippen molar-refractivity contribution >= 4 is 16.7 Å². The molecule has 0 radical (unpaired) electrons. The minimum absolute atomic E-state index is 0.146. The van der Waals surface area contributed by atoms with E-state index in [1.807, 2.05) is 0 Å². The minimum Gasteiger partial charge on any atom is -0.461 e. The molecule has 0 spiro atoms. The van der Waals surface area contributed by atoms with E-state index in [1.165, 1.54) is 12.3 Å². The Hall–Kier alpha value is -2.35. The molecule has 2 heterocycles. The van der Waals surface area contributed by atoms with Gasteiger partial charge in [-0.05, 0) is 23.4 Å². The van der Waals surface area contributed by atoms with Gasteiger partial charge in [0.2, 0.25) is 11.5 Å². The highest BCUT2D eigenvalue weighted by molar-refractivity contribution is 5.87. The van der Waals surface area contributed by atoms with Crippen molar-refractivity contribution in [2.45, 2.75) is 0 Å². The average Bonchev–Trinajstić information content (AvgIpc) is 2.97. The quantitative estimate of drug-likeness (QED) is 0.398. The van der Waals surface area contributed by atoms with E-state index in [0.29, 0.717) is 11.3 Å². The van der Waals surface area contributed by atoms with Crippen molar-refractivity contribution in [3.63, 3.8) is 0 Å². The molecule has 0 saturated carbocycles. The lowest BCUT2D eigenvalue weighted by Gasteiger charge is -2.00. The zero-order valence-corrected chi connectivity index (χ0v) is 9.11. The van der Waals surface area contributed by atoms with Crippen molar-refractivity contribution in [3.05, 3.63) is 36.6 Å². The molecule has 2 aromatic heterocycles. The van der Waals surface area contributed by atoms with Crippen LogP contribution in [0, 0.1) is 0 Å². The van der Waals surface area contributed by atoms with Gasteiger partial charge in [0.05, 0.1) is 6.26 Å². The van der Waals surface area contributed by atoms with Crippen molar-refractivity contribution in [3.8, 4) is 11.6 Å². The molecule has 3 rings (SSSR count). The van der Waals surface area contributed by atoms with Crippen LogP contribution in [0.4, 0.5) is 5.69 Å². The molecule has 7 nitrogen and oxygen atoms in total. The highest BCUT2D eigenvalue weighted by Crippen LogP contribution is 2.26. The Labute approximate surface area is 101 Å². The van der Waals surface area contributed by atoms with Crippen LogP contribution in [-0.4, -0.2) is 25.3 Å². The first-order valence-corrected chi connectivity index (χ1v) is 5.18. The van der Waals surface area contributed by atoms with E-state index < -0.39 is 5.23 Å². The third-order valence-corrected chi connectivity index (χ3v) is 2.64. The van der Waals surface area contributed by atoms with Crippen molar-refractivity contribution in [2.24, 2.45) is 0 Å². The first-order chi connectivity index (χ1) is 8.68. The van der Waals surface area contributed by atoms with Crippen molar-refractivity contribution in [2.75, 3.05) is 0 Å². The van der Waals surface area contributed by atoms with Gasteiger partial charge in [0, 0.05) is 6.07 Å². The number of furan rings is 1. The number of fused-ring (bicyclic) bond motifs is 1. The Morgan fingerprint density at radius 1 is 1.17 bits per heavy atom. The molecule has 4 N–H and O–H groups in total. The number of imidazole rings is 1. The Morgan fingerprint density at radius 3 is 2.67 bits per heavy atom. The molecule has 18 heavy (non-hydrogen) atoms. The summed E-state index contributed by atoms with van der Waals surface area (Å²) in [6.07, 6.45) is 1.46. The van der Waals surface area contributed by atoms with Crippen LogP contribution < -0.4 is 5.23 Å². The number of para-hydroxylation sites is 1. The third kappa shape index (κ3) is 1.46. The molecule has 0 bridgehead atoms. The summed E-state index contributed by atoms with van der Waals surface area (Å²) in [5.74, 6) is 0.584. The van der Waals surface area contributed by atoms with E-state index in [4.69, 9.17) is 4.42 Å². The number of quaternary nitrogens is 1. The van der Waals surface area contributed by atoms with Crippen LogP contribution in [0.1, 0.15) is 0 Å². The van der Waals surface area contributed by atoms with Gasteiger partial charge in [-0.15, -0.1) is 0 Å². The first kappa shape index (κ1) is 10.8. The van der Waals surface area contributed by atoms with Crippen molar-refractivity contribution in [1.82, 2.24) is 9.71 Å². The van der Waals surface area contributed by atoms with Gasteiger partial charge in [-0.25, -0.2) is 4.98 Å². The fraction of sp³-hybridized carbons (Fsp3) is 0. The number of nitrogens with zero attached hydrogens (tertiary/aromatic N) is 2. The summed E-state index contributed by atoms with van der Waals surface area (Å²) >= 11 is 0. The van der Waals surface area contributed by atoms with E-state index in [1.54, 1.807) is 24.3 Å². The van der Waals surface area contributed by atoms with Gasteiger partial charge in [-0.1, -0.05) is 6.07 Å². The Balaban J connectivity index is 2.31. The molecule has 0 amide bonds. The lowest BCUT2D eigenvalue weighted by atomic mass is 10.3. The van der Waals surface area contributed by atoms with Gasteiger partial charge >= 0.3 is 0 Å². The van der Waals surface area contributed by atoms with Gasteiger partial charge in [-0.3, -0.25) is 0 Å². The van der Waals surface area contributed by atoms with Gasteiger partial charge in [0.25, 0.3) is 0 Å². The van der Waals surface area contributed by atoms with Crippen LogP contribution in [0.3, 0.4) is 0 Å². The zero-order chi connectivity index (χ0) is 12.7. The first-order valence-electron chi connectivity index (χ1n) is 5.18. The molecule has 0 saturated heterocycles. The average molecular weight is 248 g/mol. The SMILES string of the molecule is On1c(-c2ccco2)nc2c([NH+](O)O)cccc21. The Kier molecular flexibility index (Phi) is 2.30. The number of nitrogens with one attached hydrogen (secondary N) is 1. The van der Waals surface area contributed by atoms with Gasteiger partial charge in [-0.2, -0.15) is 15.1 Å². The van der Waals surface area contributed by atoms with E-state index in [9.17, 15) is 15.6 Å². The van der Waals surface area contributed by atoms with E-state index >= 15 is 0 Å². The molecule has 92 valence electrons. The number of aromatic nitrogens is 2. The fourth-order valence-corrected chi connectivity index (χ4v) is 1.83. The second kappa shape index (κ2) is 3.84. The second-order valence-corrected chi connectivity index (χ2v) is 3.72. The molecule has 3 aromatic rings. The van der Waals surface area contributed by atoms with Gasteiger partial charge in [0.1, 0.15) is 5.52 Å². The number of benzene rings is 1. The summed E-state index contributed by atoms with van der Waals surface area (Å²) in [7, 11) is 0. The molecule has 0 fully saturated rings. The third-order valence-electron chi connectivity index (χ3n) is 2.64. The molecule has 7 heteroatoms. The molecule has 0 aliphatic heterocycles. The summed E-state index contributed by atoms with van der Waals surface area (Å²) in [5.41, 5.74) is 0.791. The normalized spacial score (nSPS) is 11.5. The Bertz CT molecular complexity index is 688. The van der Waals surface area contributed by atoms with E-state index in [2.05, 4.69) is 4.98 Å². The predicted molar refractivity (Wildman–Crippen MR) is 58.8 cm³/mol. The largest absolute Gasteiger partial charge is 0.461 e.